The first-order valence-electron chi connectivity index (χ1n) is 5.79. The van der Waals surface area contributed by atoms with Crippen LogP contribution >= 0.6 is 0 Å². The van der Waals surface area contributed by atoms with E-state index in [0.717, 1.165) is 4.31 Å². The fourth-order valence-corrected chi connectivity index (χ4v) is 2.65. The SMILES string of the molecule is CNC(=O)c1ccc(S(=O)(=O)N(C)CCC(=O)O)cc1. The summed E-state index contributed by atoms with van der Waals surface area (Å²) in [4.78, 5) is 21.8. The van der Waals surface area contributed by atoms with E-state index in [1.807, 2.05) is 0 Å². The largest absolute Gasteiger partial charge is 0.481 e. The molecule has 0 aromatic heterocycles. The lowest BCUT2D eigenvalue weighted by atomic mass is 10.2. The van der Waals surface area contributed by atoms with Gasteiger partial charge in [0.15, 0.2) is 0 Å². The number of carbonyl (C=O) groups is 2. The van der Waals surface area contributed by atoms with Crippen LogP contribution in [0.4, 0.5) is 0 Å². The second kappa shape index (κ2) is 6.49. The summed E-state index contributed by atoms with van der Waals surface area (Å²) in [6.07, 6.45) is -0.272. The van der Waals surface area contributed by atoms with Gasteiger partial charge in [0.2, 0.25) is 10.0 Å². The molecule has 0 fully saturated rings. The Hall–Kier alpha value is -1.93. The molecule has 1 amide bonds. The van der Waals surface area contributed by atoms with E-state index < -0.39 is 16.0 Å². The molecule has 110 valence electrons. The quantitative estimate of drug-likeness (QED) is 0.778. The topological polar surface area (TPSA) is 104 Å². The number of nitrogens with one attached hydrogen (secondary N) is 1. The lowest BCUT2D eigenvalue weighted by molar-refractivity contribution is -0.137. The fraction of sp³-hybridized carbons (Fsp3) is 0.333. The first-order valence-corrected chi connectivity index (χ1v) is 7.23. The molecule has 0 unspecified atom stereocenters. The van der Waals surface area contributed by atoms with Gasteiger partial charge in [0.25, 0.3) is 5.91 Å². The summed E-state index contributed by atoms with van der Waals surface area (Å²) in [6, 6.07) is 5.43. The number of hydrogen-bond donors (Lipinski definition) is 2. The molecule has 0 radical (unpaired) electrons. The second-order valence-electron chi connectivity index (χ2n) is 4.07. The van der Waals surface area contributed by atoms with E-state index in [4.69, 9.17) is 5.11 Å². The number of rotatable bonds is 6. The van der Waals surface area contributed by atoms with Crippen LogP contribution in [-0.2, 0) is 14.8 Å². The zero-order valence-electron chi connectivity index (χ0n) is 11.2. The van der Waals surface area contributed by atoms with Crippen LogP contribution < -0.4 is 5.32 Å². The van der Waals surface area contributed by atoms with Gasteiger partial charge in [0.1, 0.15) is 0 Å². The predicted molar refractivity (Wildman–Crippen MR) is 71.9 cm³/mol. The van der Waals surface area contributed by atoms with E-state index >= 15 is 0 Å². The molecule has 20 heavy (non-hydrogen) atoms. The Morgan fingerprint density at radius 2 is 1.80 bits per heavy atom. The third-order valence-corrected chi connectivity index (χ3v) is 4.56. The average molecular weight is 300 g/mol. The Balaban J connectivity index is 2.92. The Labute approximate surface area is 117 Å². The summed E-state index contributed by atoms with van der Waals surface area (Å²) in [5.74, 6) is -1.38. The van der Waals surface area contributed by atoms with Gasteiger partial charge < -0.3 is 10.4 Å². The molecule has 0 aliphatic heterocycles. The highest BCUT2D eigenvalue weighted by molar-refractivity contribution is 7.89. The van der Waals surface area contributed by atoms with Gasteiger partial charge in [-0.3, -0.25) is 9.59 Å². The first-order chi connectivity index (χ1) is 9.28. The Morgan fingerprint density at radius 3 is 2.25 bits per heavy atom. The maximum atomic E-state index is 12.1. The zero-order valence-corrected chi connectivity index (χ0v) is 12.0. The number of carboxylic acid groups (broad SMARTS) is 1. The van der Waals surface area contributed by atoms with Crippen LogP contribution in [0.2, 0.25) is 0 Å². The van der Waals surface area contributed by atoms with Crippen molar-refractivity contribution >= 4 is 21.9 Å². The summed E-state index contributed by atoms with van der Waals surface area (Å²) < 4.78 is 25.2. The van der Waals surface area contributed by atoms with Crippen LogP contribution in [0.15, 0.2) is 29.2 Å². The summed E-state index contributed by atoms with van der Waals surface area (Å²) in [7, 11) is -0.956. The molecular weight excluding hydrogens is 284 g/mol. The molecule has 0 aliphatic carbocycles. The molecule has 1 aromatic carbocycles. The van der Waals surface area contributed by atoms with Crippen molar-refractivity contribution in [2.45, 2.75) is 11.3 Å². The predicted octanol–water partition coefficient (Wildman–Crippen LogP) is 0.141. The van der Waals surface area contributed by atoms with Crippen molar-refractivity contribution in [3.63, 3.8) is 0 Å². The number of carboxylic acids is 1. The van der Waals surface area contributed by atoms with Crippen molar-refractivity contribution in [3.05, 3.63) is 29.8 Å². The summed E-state index contributed by atoms with van der Waals surface area (Å²) in [5, 5.41) is 11.0. The Bertz CT molecular complexity index is 595. The Morgan fingerprint density at radius 1 is 1.25 bits per heavy atom. The van der Waals surface area contributed by atoms with Crippen molar-refractivity contribution in [1.29, 1.82) is 0 Å². The molecule has 0 saturated carbocycles. The van der Waals surface area contributed by atoms with Gasteiger partial charge in [0, 0.05) is 26.2 Å². The van der Waals surface area contributed by atoms with Crippen LogP contribution in [0.5, 0.6) is 0 Å². The Kier molecular flexibility index (Phi) is 5.23. The molecule has 7 nitrogen and oxygen atoms in total. The zero-order chi connectivity index (χ0) is 15.3. The number of amides is 1. The van der Waals surface area contributed by atoms with Gasteiger partial charge in [-0.25, -0.2) is 12.7 Å². The molecule has 0 heterocycles. The van der Waals surface area contributed by atoms with E-state index in [-0.39, 0.29) is 23.8 Å². The molecule has 0 saturated heterocycles. The van der Waals surface area contributed by atoms with Crippen molar-refractivity contribution in [2.75, 3.05) is 20.6 Å². The molecular formula is C12H16N2O5S. The molecule has 0 aliphatic rings. The van der Waals surface area contributed by atoms with E-state index in [1.165, 1.54) is 38.4 Å². The van der Waals surface area contributed by atoms with Gasteiger partial charge in [-0.2, -0.15) is 0 Å². The van der Waals surface area contributed by atoms with E-state index in [1.54, 1.807) is 0 Å². The van der Waals surface area contributed by atoms with E-state index in [0.29, 0.717) is 5.56 Å². The molecule has 1 rings (SSSR count). The van der Waals surface area contributed by atoms with Crippen LogP contribution in [0.1, 0.15) is 16.8 Å². The minimum Gasteiger partial charge on any atom is -0.481 e. The van der Waals surface area contributed by atoms with E-state index in [9.17, 15) is 18.0 Å². The van der Waals surface area contributed by atoms with Crippen LogP contribution in [0.3, 0.4) is 0 Å². The van der Waals surface area contributed by atoms with Crippen LogP contribution in [-0.4, -0.2) is 50.3 Å². The molecule has 2 N–H and O–H groups in total. The van der Waals surface area contributed by atoms with Gasteiger partial charge in [0.05, 0.1) is 11.3 Å². The minimum atomic E-state index is -3.75. The standard InChI is InChI=1S/C12H16N2O5S/c1-13-12(17)9-3-5-10(6-4-9)20(18,19)14(2)8-7-11(15)16/h3-6H,7-8H2,1-2H3,(H,13,17)(H,15,16). The summed E-state index contributed by atoms with van der Waals surface area (Å²) in [6.45, 7) is -0.116. The normalized spacial score (nSPS) is 11.3. The molecule has 0 bridgehead atoms. The maximum Gasteiger partial charge on any atom is 0.304 e. The second-order valence-corrected chi connectivity index (χ2v) is 6.12. The van der Waals surface area contributed by atoms with Crippen molar-refractivity contribution in [1.82, 2.24) is 9.62 Å². The maximum absolute atomic E-state index is 12.1. The number of nitrogens with zero attached hydrogens (tertiary/aromatic N) is 1. The van der Waals surface area contributed by atoms with Crippen LogP contribution in [0.25, 0.3) is 0 Å². The van der Waals surface area contributed by atoms with Crippen molar-refractivity contribution in [2.24, 2.45) is 0 Å². The number of carbonyl (C=O) groups excluding carboxylic acids is 1. The van der Waals surface area contributed by atoms with E-state index in [2.05, 4.69) is 5.32 Å². The highest BCUT2D eigenvalue weighted by atomic mass is 32.2. The van der Waals surface area contributed by atoms with Crippen molar-refractivity contribution < 1.29 is 23.1 Å². The highest BCUT2D eigenvalue weighted by Gasteiger charge is 2.21. The third kappa shape index (κ3) is 3.78. The number of benzene rings is 1. The third-order valence-electron chi connectivity index (χ3n) is 2.69. The summed E-state index contributed by atoms with van der Waals surface area (Å²) >= 11 is 0. The lowest BCUT2D eigenvalue weighted by Gasteiger charge is -2.16. The monoisotopic (exact) mass is 300 g/mol. The minimum absolute atomic E-state index is 0.0121. The van der Waals surface area contributed by atoms with Crippen molar-refractivity contribution in [3.8, 4) is 0 Å². The average Bonchev–Trinajstić information content (AvgIpc) is 2.43. The smallest absolute Gasteiger partial charge is 0.304 e. The summed E-state index contributed by atoms with van der Waals surface area (Å²) in [5.41, 5.74) is 0.347. The number of aliphatic carboxylic acids is 1. The van der Waals surface area contributed by atoms with Crippen LogP contribution in [0, 0.1) is 0 Å². The number of sulfonamides is 1. The van der Waals surface area contributed by atoms with Gasteiger partial charge in [-0.05, 0) is 24.3 Å². The first kappa shape index (κ1) is 16.1. The molecule has 1 aromatic rings. The molecule has 8 heteroatoms. The fourth-order valence-electron chi connectivity index (χ4n) is 1.48. The highest BCUT2D eigenvalue weighted by Crippen LogP contribution is 2.15. The lowest BCUT2D eigenvalue weighted by Crippen LogP contribution is -2.29. The van der Waals surface area contributed by atoms with Gasteiger partial charge in [-0.1, -0.05) is 0 Å². The van der Waals surface area contributed by atoms with Gasteiger partial charge in [-0.15, -0.1) is 0 Å². The molecule has 0 atom stereocenters. The van der Waals surface area contributed by atoms with Gasteiger partial charge >= 0.3 is 5.97 Å². The number of hydrogen-bond acceptors (Lipinski definition) is 4. The molecule has 0 spiro atoms.